The van der Waals surface area contributed by atoms with Crippen molar-refractivity contribution in [3.05, 3.63) is 94.7 Å². The summed E-state index contributed by atoms with van der Waals surface area (Å²) in [5.74, 6) is 0.790. The maximum absolute atomic E-state index is 5.97. The average molecular weight is 345 g/mol. The standard InChI is InChI=1S/C24H28N2/c1-3-7-19-8-5-9-20(16-19)17-22(23-10-6-11-24(25)26-23)21-14-12-18(4-2)13-15-21/h5-6,8-16,22H,3-4,7,17H2,1-2H3,(H2,25,26). The normalized spacial score (nSPS) is 12.1. The van der Waals surface area contributed by atoms with Gasteiger partial charge >= 0.3 is 0 Å². The highest BCUT2D eigenvalue weighted by molar-refractivity contribution is 5.38. The second-order valence-corrected chi connectivity index (χ2v) is 6.91. The molecule has 0 saturated heterocycles. The molecule has 1 atom stereocenters. The molecule has 0 aliphatic carbocycles. The molecule has 0 saturated carbocycles. The summed E-state index contributed by atoms with van der Waals surface area (Å²) in [6.07, 6.45) is 4.28. The largest absolute Gasteiger partial charge is 0.384 e. The van der Waals surface area contributed by atoms with Crippen LogP contribution in [0.25, 0.3) is 0 Å². The zero-order valence-corrected chi connectivity index (χ0v) is 15.8. The van der Waals surface area contributed by atoms with Crippen molar-refractivity contribution in [2.24, 2.45) is 0 Å². The van der Waals surface area contributed by atoms with E-state index in [1.807, 2.05) is 12.1 Å². The smallest absolute Gasteiger partial charge is 0.123 e. The van der Waals surface area contributed by atoms with Crippen molar-refractivity contribution in [3.8, 4) is 0 Å². The molecule has 0 radical (unpaired) electrons. The average Bonchev–Trinajstić information content (AvgIpc) is 2.67. The molecule has 0 aliphatic heterocycles. The minimum Gasteiger partial charge on any atom is -0.384 e. The summed E-state index contributed by atoms with van der Waals surface area (Å²) in [5, 5.41) is 0. The van der Waals surface area contributed by atoms with Crippen molar-refractivity contribution < 1.29 is 0 Å². The lowest BCUT2D eigenvalue weighted by atomic mass is 9.87. The number of nitrogen functional groups attached to an aromatic ring is 1. The highest BCUT2D eigenvalue weighted by atomic mass is 14.8. The van der Waals surface area contributed by atoms with Crippen LogP contribution in [0.3, 0.4) is 0 Å². The minimum atomic E-state index is 0.210. The molecule has 0 fully saturated rings. The zero-order chi connectivity index (χ0) is 18.4. The number of aromatic nitrogens is 1. The van der Waals surface area contributed by atoms with Crippen LogP contribution in [0.5, 0.6) is 0 Å². The molecule has 3 aromatic rings. The Morgan fingerprint density at radius 3 is 2.27 bits per heavy atom. The van der Waals surface area contributed by atoms with Gasteiger partial charge in [0, 0.05) is 5.92 Å². The minimum absolute atomic E-state index is 0.210. The number of hydrogen-bond acceptors (Lipinski definition) is 2. The van der Waals surface area contributed by atoms with Crippen LogP contribution in [0.1, 0.15) is 54.1 Å². The zero-order valence-electron chi connectivity index (χ0n) is 15.8. The van der Waals surface area contributed by atoms with Crippen molar-refractivity contribution in [1.82, 2.24) is 4.98 Å². The van der Waals surface area contributed by atoms with Gasteiger partial charge in [0.1, 0.15) is 5.82 Å². The van der Waals surface area contributed by atoms with E-state index in [0.717, 1.165) is 25.0 Å². The van der Waals surface area contributed by atoms with Gasteiger partial charge in [-0.3, -0.25) is 0 Å². The molecule has 0 spiro atoms. The molecule has 0 aliphatic rings. The number of rotatable bonds is 7. The van der Waals surface area contributed by atoms with E-state index in [1.165, 1.54) is 28.7 Å². The first kappa shape index (κ1) is 18.2. The van der Waals surface area contributed by atoms with Crippen LogP contribution in [0.4, 0.5) is 5.82 Å². The monoisotopic (exact) mass is 344 g/mol. The number of nitrogens with two attached hydrogens (primary N) is 1. The molecule has 2 nitrogen and oxygen atoms in total. The first-order valence-corrected chi connectivity index (χ1v) is 9.58. The van der Waals surface area contributed by atoms with Crippen LogP contribution >= 0.6 is 0 Å². The topological polar surface area (TPSA) is 38.9 Å². The van der Waals surface area contributed by atoms with E-state index >= 15 is 0 Å². The Morgan fingerprint density at radius 2 is 1.58 bits per heavy atom. The molecule has 1 aromatic heterocycles. The summed E-state index contributed by atoms with van der Waals surface area (Å²) >= 11 is 0. The van der Waals surface area contributed by atoms with E-state index in [-0.39, 0.29) is 5.92 Å². The van der Waals surface area contributed by atoms with Gasteiger partial charge < -0.3 is 5.73 Å². The second kappa shape index (κ2) is 8.66. The van der Waals surface area contributed by atoms with E-state index in [1.54, 1.807) is 0 Å². The Kier molecular flexibility index (Phi) is 6.06. The first-order chi connectivity index (χ1) is 12.7. The molecular formula is C24H28N2. The van der Waals surface area contributed by atoms with E-state index in [9.17, 15) is 0 Å². The third-order valence-electron chi connectivity index (χ3n) is 4.91. The predicted molar refractivity (Wildman–Crippen MR) is 110 cm³/mol. The number of anilines is 1. The van der Waals surface area contributed by atoms with E-state index in [2.05, 4.69) is 73.4 Å². The van der Waals surface area contributed by atoms with Gasteiger partial charge in [-0.25, -0.2) is 4.98 Å². The number of hydrogen-bond donors (Lipinski definition) is 1. The van der Waals surface area contributed by atoms with Crippen molar-refractivity contribution >= 4 is 5.82 Å². The maximum Gasteiger partial charge on any atom is 0.123 e. The van der Waals surface area contributed by atoms with Crippen LogP contribution in [-0.2, 0) is 19.3 Å². The molecule has 0 amide bonds. The SMILES string of the molecule is CCCc1cccc(CC(c2ccc(CC)cc2)c2cccc(N)n2)c1. The molecule has 26 heavy (non-hydrogen) atoms. The Balaban J connectivity index is 1.95. The van der Waals surface area contributed by atoms with E-state index in [4.69, 9.17) is 5.73 Å². The summed E-state index contributed by atoms with van der Waals surface area (Å²) in [6.45, 7) is 4.41. The van der Waals surface area contributed by atoms with E-state index in [0.29, 0.717) is 5.82 Å². The van der Waals surface area contributed by atoms with Gasteiger partial charge in [0.05, 0.1) is 5.69 Å². The highest BCUT2D eigenvalue weighted by Crippen LogP contribution is 2.28. The summed E-state index contributed by atoms with van der Waals surface area (Å²) in [4.78, 5) is 4.63. The maximum atomic E-state index is 5.97. The number of benzene rings is 2. The Morgan fingerprint density at radius 1 is 0.846 bits per heavy atom. The van der Waals surface area contributed by atoms with Crippen molar-refractivity contribution in [2.75, 3.05) is 5.73 Å². The fourth-order valence-electron chi connectivity index (χ4n) is 3.48. The lowest BCUT2D eigenvalue weighted by molar-refractivity contribution is 0.772. The molecule has 1 heterocycles. The van der Waals surface area contributed by atoms with Gasteiger partial charge in [-0.1, -0.05) is 74.9 Å². The predicted octanol–water partition coefficient (Wildman–Crippen LogP) is 5.55. The van der Waals surface area contributed by atoms with Crippen LogP contribution in [-0.4, -0.2) is 4.98 Å². The summed E-state index contributed by atoms with van der Waals surface area (Å²) < 4.78 is 0. The highest BCUT2D eigenvalue weighted by Gasteiger charge is 2.17. The van der Waals surface area contributed by atoms with Crippen LogP contribution in [0.15, 0.2) is 66.7 Å². The second-order valence-electron chi connectivity index (χ2n) is 6.91. The molecule has 2 heteroatoms. The number of nitrogens with zero attached hydrogens (tertiary/aromatic N) is 1. The van der Waals surface area contributed by atoms with Crippen molar-refractivity contribution in [3.63, 3.8) is 0 Å². The summed E-state index contributed by atoms with van der Waals surface area (Å²) in [7, 11) is 0. The lowest BCUT2D eigenvalue weighted by Gasteiger charge is -2.18. The van der Waals surface area contributed by atoms with Gasteiger partial charge in [0.15, 0.2) is 0 Å². The van der Waals surface area contributed by atoms with Crippen molar-refractivity contribution in [2.45, 2.75) is 45.4 Å². The summed E-state index contributed by atoms with van der Waals surface area (Å²) in [6, 6.07) is 23.8. The van der Waals surface area contributed by atoms with Crippen LogP contribution < -0.4 is 5.73 Å². The number of pyridine rings is 1. The molecule has 2 aromatic carbocycles. The van der Waals surface area contributed by atoms with Gasteiger partial charge in [0.25, 0.3) is 0 Å². The Bertz CT molecular complexity index is 837. The third-order valence-corrected chi connectivity index (χ3v) is 4.91. The van der Waals surface area contributed by atoms with Crippen LogP contribution in [0, 0.1) is 0 Å². The van der Waals surface area contributed by atoms with Crippen LogP contribution in [0.2, 0.25) is 0 Å². The number of aryl methyl sites for hydroxylation is 2. The molecule has 1 unspecified atom stereocenters. The van der Waals surface area contributed by atoms with E-state index < -0.39 is 0 Å². The summed E-state index contributed by atoms with van der Waals surface area (Å²) in [5.41, 5.74) is 12.4. The molecular weight excluding hydrogens is 316 g/mol. The fraction of sp³-hybridized carbons (Fsp3) is 0.292. The molecule has 3 rings (SSSR count). The molecule has 134 valence electrons. The molecule has 0 bridgehead atoms. The van der Waals surface area contributed by atoms with Gasteiger partial charge in [0.2, 0.25) is 0 Å². The Hall–Kier alpha value is -2.61. The van der Waals surface area contributed by atoms with Crippen molar-refractivity contribution in [1.29, 1.82) is 0 Å². The van der Waals surface area contributed by atoms with Gasteiger partial charge in [-0.2, -0.15) is 0 Å². The Labute approximate surface area is 157 Å². The third kappa shape index (κ3) is 4.51. The van der Waals surface area contributed by atoms with Gasteiger partial charge in [-0.15, -0.1) is 0 Å². The first-order valence-electron chi connectivity index (χ1n) is 9.58. The van der Waals surface area contributed by atoms with Gasteiger partial charge in [-0.05, 0) is 53.6 Å². The lowest BCUT2D eigenvalue weighted by Crippen LogP contribution is -2.09. The molecule has 2 N–H and O–H groups in total. The fourth-order valence-corrected chi connectivity index (χ4v) is 3.48. The quantitative estimate of drug-likeness (QED) is 0.610.